The Hall–Kier alpha value is -2.58. The zero-order valence-corrected chi connectivity index (χ0v) is 12.7. The summed E-state index contributed by atoms with van der Waals surface area (Å²) < 4.78 is 33.4. The molecule has 0 radical (unpaired) electrons. The average molecular weight is 334 g/mol. The monoisotopic (exact) mass is 334 g/mol. The van der Waals surface area contributed by atoms with Crippen LogP contribution in [0.2, 0.25) is 0 Å². The zero-order valence-electron chi connectivity index (χ0n) is 11.9. The van der Waals surface area contributed by atoms with E-state index in [0.29, 0.717) is 17.2 Å². The Labute approximate surface area is 133 Å². The van der Waals surface area contributed by atoms with Gasteiger partial charge in [0, 0.05) is 5.69 Å². The van der Waals surface area contributed by atoms with Crippen LogP contribution in [0.1, 0.15) is 0 Å². The fourth-order valence-electron chi connectivity index (χ4n) is 2.10. The van der Waals surface area contributed by atoms with Crippen molar-refractivity contribution in [3.05, 3.63) is 48.5 Å². The lowest BCUT2D eigenvalue weighted by molar-refractivity contribution is -0.125. The molecule has 1 amide bonds. The number of rotatable bonds is 3. The smallest absolute Gasteiger partial charge is 0.269 e. The molecule has 1 aliphatic rings. The number of anilines is 1. The van der Waals surface area contributed by atoms with Crippen molar-refractivity contribution < 1.29 is 22.7 Å². The second-order valence-corrected chi connectivity index (χ2v) is 6.48. The predicted molar refractivity (Wildman–Crippen MR) is 82.8 cm³/mol. The van der Waals surface area contributed by atoms with E-state index >= 15 is 0 Å². The number of carbonyl (C=O) groups is 1. The third kappa shape index (κ3) is 3.43. The summed E-state index contributed by atoms with van der Waals surface area (Å²) in [6.07, 6.45) is -0.789. The number of para-hydroxylation sites is 2. The maximum Gasteiger partial charge on any atom is 0.269 e. The molecule has 0 aromatic heterocycles. The van der Waals surface area contributed by atoms with Gasteiger partial charge in [-0.25, -0.2) is 13.6 Å². The van der Waals surface area contributed by atoms with E-state index in [4.69, 9.17) is 14.6 Å². The molecule has 0 saturated heterocycles. The third-order valence-electron chi connectivity index (χ3n) is 3.25. The van der Waals surface area contributed by atoms with E-state index in [1.165, 1.54) is 24.3 Å². The maximum atomic E-state index is 12.2. The summed E-state index contributed by atoms with van der Waals surface area (Å²) in [6.45, 7) is 0.0953. The Morgan fingerprint density at radius 3 is 2.39 bits per heavy atom. The minimum atomic E-state index is -3.76. The Kier molecular flexibility index (Phi) is 3.93. The van der Waals surface area contributed by atoms with Gasteiger partial charge in [-0.1, -0.05) is 12.1 Å². The number of hydrogen-bond acceptors (Lipinski definition) is 5. The van der Waals surface area contributed by atoms with Crippen LogP contribution in [0.15, 0.2) is 53.4 Å². The fourth-order valence-corrected chi connectivity index (χ4v) is 2.61. The molecular weight excluding hydrogens is 320 g/mol. The number of hydrogen-bond donors (Lipinski definition) is 2. The summed E-state index contributed by atoms with van der Waals surface area (Å²) in [7, 11) is -3.76. The van der Waals surface area contributed by atoms with Gasteiger partial charge in [0.05, 0.1) is 4.90 Å². The predicted octanol–water partition coefficient (Wildman–Crippen LogP) is 1.11. The molecule has 2 aromatic carbocycles. The summed E-state index contributed by atoms with van der Waals surface area (Å²) in [6, 6.07) is 12.6. The number of primary sulfonamides is 1. The second kappa shape index (κ2) is 5.90. The Balaban J connectivity index is 1.68. The lowest BCUT2D eigenvalue weighted by Crippen LogP contribution is -2.40. The number of nitrogens with one attached hydrogen (secondary N) is 1. The Morgan fingerprint density at radius 1 is 1.09 bits per heavy atom. The Morgan fingerprint density at radius 2 is 1.74 bits per heavy atom. The molecule has 0 spiro atoms. The van der Waals surface area contributed by atoms with Crippen LogP contribution in [-0.2, 0) is 14.8 Å². The highest BCUT2D eigenvalue weighted by molar-refractivity contribution is 7.89. The van der Waals surface area contributed by atoms with Gasteiger partial charge in [0.25, 0.3) is 5.91 Å². The van der Waals surface area contributed by atoms with Crippen molar-refractivity contribution in [2.75, 3.05) is 11.9 Å². The first-order chi connectivity index (χ1) is 10.9. The van der Waals surface area contributed by atoms with E-state index in [1.807, 2.05) is 6.07 Å². The number of benzene rings is 2. The topological polar surface area (TPSA) is 108 Å². The van der Waals surface area contributed by atoms with E-state index in [1.54, 1.807) is 18.2 Å². The summed E-state index contributed by atoms with van der Waals surface area (Å²) in [5.74, 6) is 0.709. The molecule has 7 nitrogen and oxygen atoms in total. The van der Waals surface area contributed by atoms with Crippen LogP contribution in [0.3, 0.4) is 0 Å². The maximum absolute atomic E-state index is 12.2. The summed E-state index contributed by atoms with van der Waals surface area (Å²) in [4.78, 5) is 12.2. The van der Waals surface area contributed by atoms with Gasteiger partial charge in [-0.3, -0.25) is 4.79 Å². The SMILES string of the molecule is NS(=O)(=O)c1ccc(NC(=O)[C@@H]2COc3ccccc3O2)cc1. The van der Waals surface area contributed by atoms with Crippen molar-refractivity contribution in [3.63, 3.8) is 0 Å². The van der Waals surface area contributed by atoms with Gasteiger partial charge in [0.1, 0.15) is 6.61 Å². The number of amides is 1. The number of sulfonamides is 1. The highest BCUT2D eigenvalue weighted by Crippen LogP contribution is 2.31. The largest absolute Gasteiger partial charge is 0.485 e. The van der Waals surface area contributed by atoms with Crippen molar-refractivity contribution in [1.29, 1.82) is 0 Å². The molecule has 3 N–H and O–H groups in total. The number of ether oxygens (including phenoxy) is 2. The van der Waals surface area contributed by atoms with Crippen LogP contribution >= 0.6 is 0 Å². The van der Waals surface area contributed by atoms with Crippen LogP contribution in [0, 0.1) is 0 Å². The quantitative estimate of drug-likeness (QED) is 0.874. The molecule has 0 saturated carbocycles. The van der Waals surface area contributed by atoms with Gasteiger partial charge < -0.3 is 14.8 Å². The first kappa shape index (κ1) is 15.3. The molecule has 2 aromatic rings. The van der Waals surface area contributed by atoms with Crippen LogP contribution < -0.4 is 19.9 Å². The lowest BCUT2D eigenvalue weighted by Gasteiger charge is -2.25. The van der Waals surface area contributed by atoms with Gasteiger partial charge >= 0.3 is 0 Å². The van der Waals surface area contributed by atoms with Gasteiger partial charge in [-0.15, -0.1) is 0 Å². The minimum Gasteiger partial charge on any atom is -0.485 e. The molecule has 1 aliphatic heterocycles. The van der Waals surface area contributed by atoms with Gasteiger partial charge in [-0.05, 0) is 36.4 Å². The molecular formula is C15H14N2O5S. The van der Waals surface area contributed by atoms with Crippen molar-refractivity contribution >= 4 is 21.6 Å². The van der Waals surface area contributed by atoms with Gasteiger partial charge in [-0.2, -0.15) is 0 Å². The number of fused-ring (bicyclic) bond motifs is 1. The normalized spacial score (nSPS) is 16.7. The third-order valence-corrected chi connectivity index (χ3v) is 4.18. The molecule has 23 heavy (non-hydrogen) atoms. The molecule has 0 bridgehead atoms. The fraction of sp³-hybridized carbons (Fsp3) is 0.133. The minimum absolute atomic E-state index is 0.0262. The van der Waals surface area contributed by atoms with E-state index in [-0.39, 0.29) is 17.4 Å². The summed E-state index contributed by atoms with van der Waals surface area (Å²) in [5, 5.41) is 7.66. The highest BCUT2D eigenvalue weighted by Gasteiger charge is 2.27. The molecule has 0 aliphatic carbocycles. The molecule has 0 fully saturated rings. The van der Waals surface area contributed by atoms with Crippen molar-refractivity contribution in [1.82, 2.24) is 0 Å². The summed E-state index contributed by atoms with van der Waals surface area (Å²) >= 11 is 0. The van der Waals surface area contributed by atoms with E-state index in [2.05, 4.69) is 5.32 Å². The van der Waals surface area contributed by atoms with E-state index < -0.39 is 16.1 Å². The van der Waals surface area contributed by atoms with Crippen molar-refractivity contribution in [2.24, 2.45) is 5.14 Å². The first-order valence-corrected chi connectivity index (χ1v) is 8.30. The van der Waals surface area contributed by atoms with E-state index in [9.17, 15) is 13.2 Å². The van der Waals surface area contributed by atoms with Crippen LogP contribution in [0.25, 0.3) is 0 Å². The Bertz CT molecular complexity index is 833. The second-order valence-electron chi connectivity index (χ2n) is 4.92. The molecule has 3 rings (SSSR count). The standard InChI is InChI=1S/C15H14N2O5S/c16-23(19,20)11-7-5-10(6-8-11)17-15(18)14-9-21-12-3-1-2-4-13(12)22-14/h1-8,14H,9H2,(H,17,18)(H2,16,19,20)/t14-/m0/s1. The number of carbonyl (C=O) groups excluding carboxylic acids is 1. The van der Waals surface area contributed by atoms with E-state index in [0.717, 1.165) is 0 Å². The average Bonchev–Trinajstić information content (AvgIpc) is 2.54. The van der Waals surface area contributed by atoms with Crippen molar-refractivity contribution in [2.45, 2.75) is 11.0 Å². The molecule has 120 valence electrons. The van der Waals surface area contributed by atoms with Crippen LogP contribution in [0.4, 0.5) is 5.69 Å². The summed E-state index contributed by atoms with van der Waals surface area (Å²) in [5.41, 5.74) is 0.435. The first-order valence-electron chi connectivity index (χ1n) is 6.76. The van der Waals surface area contributed by atoms with Crippen LogP contribution in [-0.4, -0.2) is 27.0 Å². The number of nitrogens with two attached hydrogens (primary N) is 1. The molecule has 1 atom stereocenters. The van der Waals surface area contributed by atoms with Crippen LogP contribution in [0.5, 0.6) is 11.5 Å². The van der Waals surface area contributed by atoms with Gasteiger partial charge in [0.2, 0.25) is 16.1 Å². The molecule has 1 heterocycles. The zero-order chi connectivity index (χ0) is 16.4. The molecule has 8 heteroatoms. The van der Waals surface area contributed by atoms with Crippen molar-refractivity contribution in [3.8, 4) is 11.5 Å². The molecule has 0 unspecified atom stereocenters. The highest BCUT2D eigenvalue weighted by atomic mass is 32.2. The van der Waals surface area contributed by atoms with Gasteiger partial charge in [0.15, 0.2) is 11.5 Å². The lowest BCUT2D eigenvalue weighted by atomic mass is 10.2.